The van der Waals surface area contributed by atoms with Gasteiger partial charge in [-0.3, -0.25) is 0 Å². The van der Waals surface area contributed by atoms with Crippen molar-refractivity contribution < 1.29 is 8.83 Å². The Bertz CT molecular complexity index is 5220. The average molecular weight is 1080 g/mol. The minimum atomic E-state index is -0.394. The van der Waals surface area contributed by atoms with Crippen LogP contribution >= 0.6 is 0 Å². The average Bonchev–Trinajstić information content (AvgIpc) is 2.06. The predicted octanol–water partition coefficient (Wildman–Crippen LogP) is 22.7. The molecule has 0 saturated heterocycles. The van der Waals surface area contributed by atoms with Gasteiger partial charge in [-0.15, -0.1) is 0 Å². The molecule has 0 fully saturated rings. The number of benzene rings is 13. The van der Waals surface area contributed by atoms with Crippen LogP contribution < -0.4 is 9.80 Å². The van der Waals surface area contributed by atoms with Gasteiger partial charge in [0.15, 0.2) is 11.2 Å². The lowest BCUT2D eigenvalue weighted by molar-refractivity contribution is 0.639. The summed E-state index contributed by atoms with van der Waals surface area (Å²) < 4.78 is 13.8. The molecule has 2 aliphatic rings. The molecule has 0 atom stereocenters. The Morgan fingerprint density at radius 1 is 0.286 bits per heavy atom. The monoisotopic (exact) mass is 1080 g/mol. The molecule has 0 radical (unpaired) electrons. The molecule has 17 rings (SSSR count). The van der Waals surface area contributed by atoms with Gasteiger partial charge in [0.05, 0.1) is 28.4 Å². The van der Waals surface area contributed by atoms with E-state index in [9.17, 15) is 0 Å². The summed E-state index contributed by atoms with van der Waals surface area (Å²) in [6.45, 7) is 9.74. The van der Waals surface area contributed by atoms with Crippen molar-refractivity contribution in [1.82, 2.24) is 0 Å². The summed E-state index contributed by atoms with van der Waals surface area (Å²) in [5, 5.41) is 9.27. The molecule has 4 nitrogen and oxygen atoms in total. The zero-order valence-corrected chi connectivity index (χ0v) is 47.1. The molecule has 4 heteroatoms. The summed E-state index contributed by atoms with van der Waals surface area (Å²) in [5.41, 5.74) is 24.1. The summed E-state index contributed by atoms with van der Waals surface area (Å²) >= 11 is 0. The molecule has 0 unspecified atom stereocenters. The molecule has 0 amide bonds. The maximum atomic E-state index is 6.98. The number of furan rings is 2. The van der Waals surface area contributed by atoms with Gasteiger partial charge in [-0.1, -0.05) is 234 Å². The van der Waals surface area contributed by atoms with Gasteiger partial charge in [0.25, 0.3) is 0 Å². The van der Waals surface area contributed by atoms with Crippen molar-refractivity contribution in [3.05, 3.63) is 289 Å². The van der Waals surface area contributed by atoms with Gasteiger partial charge < -0.3 is 18.6 Å². The second-order valence-electron chi connectivity index (χ2n) is 23.9. The number of rotatable bonds is 8. The Kier molecular flexibility index (Phi) is 10.4. The van der Waals surface area contributed by atoms with Crippen LogP contribution in [0.1, 0.15) is 49.9 Å². The predicted molar refractivity (Wildman–Crippen MR) is 351 cm³/mol. The Morgan fingerprint density at radius 3 is 1.42 bits per heavy atom. The smallest absolute Gasteiger partial charge is 0.159 e. The highest BCUT2D eigenvalue weighted by Gasteiger charge is 2.44. The number of hydrogen-bond acceptors (Lipinski definition) is 4. The maximum absolute atomic E-state index is 6.98. The van der Waals surface area contributed by atoms with Crippen molar-refractivity contribution in [3.8, 4) is 44.5 Å². The zero-order chi connectivity index (χ0) is 56.0. The molecule has 84 heavy (non-hydrogen) atoms. The third-order valence-corrected chi connectivity index (χ3v) is 18.6. The van der Waals surface area contributed by atoms with E-state index in [-0.39, 0.29) is 5.41 Å². The topological polar surface area (TPSA) is 32.8 Å². The van der Waals surface area contributed by atoms with E-state index in [4.69, 9.17) is 8.83 Å². The van der Waals surface area contributed by atoms with Crippen molar-refractivity contribution in [2.75, 3.05) is 9.80 Å². The van der Waals surface area contributed by atoms with Crippen LogP contribution in [0.5, 0.6) is 0 Å². The number of hydrogen-bond donors (Lipinski definition) is 0. The fraction of sp³-hybridized carbons (Fsp3) is 0.0750. The van der Waals surface area contributed by atoms with Crippen LogP contribution in [0.3, 0.4) is 0 Å². The molecular weight excluding hydrogens is 1020 g/mol. The first-order valence-corrected chi connectivity index (χ1v) is 29.2. The van der Waals surface area contributed by atoms with Crippen LogP contribution in [0.2, 0.25) is 0 Å². The normalized spacial score (nSPS) is 13.7. The SMILES string of the molecule is CC1(C)c2cc(N(c3ccccc3-c3ccccc3)c3cccc4c3oc3ccccc34)ccc2-c2cc3c(cc21)C(C)(C)c1cc(N(c2ccccc2-c2ccccc2)c2cccc4c2oc2ccccc24)c2ccc4ccccc4c2c1-3. The summed E-state index contributed by atoms with van der Waals surface area (Å²) in [4.78, 5) is 4.92. The fourth-order valence-corrected chi connectivity index (χ4v) is 14.6. The Labute approximate surface area is 487 Å². The number of anilines is 6. The molecule has 0 N–H and O–H groups in total. The minimum Gasteiger partial charge on any atom is -0.454 e. The van der Waals surface area contributed by atoms with Gasteiger partial charge in [-0.2, -0.15) is 0 Å². The molecular formula is C80H56N2O2. The number of nitrogens with zero attached hydrogens (tertiary/aromatic N) is 2. The van der Waals surface area contributed by atoms with E-state index in [0.29, 0.717) is 0 Å². The third kappa shape index (κ3) is 6.95. The minimum absolute atomic E-state index is 0.348. The maximum Gasteiger partial charge on any atom is 0.159 e. The lowest BCUT2D eigenvalue weighted by Gasteiger charge is -2.31. The molecule has 2 aromatic heterocycles. The summed E-state index contributed by atoms with van der Waals surface area (Å²) in [7, 11) is 0. The largest absolute Gasteiger partial charge is 0.454 e. The molecule has 0 saturated carbocycles. The van der Waals surface area contributed by atoms with Gasteiger partial charge in [0.2, 0.25) is 0 Å². The highest BCUT2D eigenvalue weighted by atomic mass is 16.3. The van der Waals surface area contributed by atoms with E-state index in [1.807, 2.05) is 0 Å². The van der Waals surface area contributed by atoms with Crippen LogP contribution in [0, 0.1) is 0 Å². The Balaban J connectivity index is 0.894. The van der Waals surface area contributed by atoms with E-state index < -0.39 is 5.41 Å². The van der Waals surface area contributed by atoms with E-state index >= 15 is 0 Å². The van der Waals surface area contributed by atoms with E-state index in [0.717, 1.165) is 100 Å². The highest BCUT2D eigenvalue weighted by Crippen LogP contribution is 2.61. The van der Waals surface area contributed by atoms with Gasteiger partial charge >= 0.3 is 0 Å². The third-order valence-electron chi connectivity index (χ3n) is 18.6. The Morgan fingerprint density at radius 2 is 0.774 bits per heavy atom. The van der Waals surface area contributed by atoms with Crippen LogP contribution in [0.25, 0.3) is 110 Å². The summed E-state index contributed by atoms with van der Waals surface area (Å²) in [6, 6.07) is 97.7. The second-order valence-corrected chi connectivity index (χ2v) is 23.9. The number of para-hydroxylation sites is 6. The van der Waals surface area contributed by atoms with Crippen LogP contribution in [0.15, 0.2) is 276 Å². The highest BCUT2D eigenvalue weighted by molar-refractivity contribution is 6.22. The van der Waals surface area contributed by atoms with Crippen molar-refractivity contribution in [2.24, 2.45) is 0 Å². The molecule has 0 spiro atoms. The number of fused-ring (bicyclic) bond motifs is 16. The summed E-state index contributed by atoms with van der Waals surface area (Å²) in [6.07, 6.45) is 0. The fourth-order valence-electron chi connectivity index (χ4n) is 14.6. The first-order valence-electron chi connectivity index (χ1n) is 29.2. The summed E-state index contributed by atoms with van der Waals surface area (Å²) in [5.74, 6) is 0. The van der Waals surface area contributed by atoms with Crippen molar-refractivity contribution in [3.63, 3.8) is 0 Å². The van der Waals surface area contributed by atoms with Gasteiger partial charge in [-0.25, -0.2) is 0 Å². The quantitative estimate of drug-likeness (QED) is 0.142. The molecule has 2 heterocycles. The van der Waals surface area contributed by atoms with Crippen LogP contribution in [0.4, 0.5) is 34.1 Å². The van der Waals surface area contributed by atoms with E-state index in [1.165, 1.54) is 66.1 Å². The molecule has 0 aliphatic heterocycles. The second kappa shape index (κ2) is 18.0. The van der Waals surface area contributed by atoms with Crippen molar-refractivity contribution in [1.29, 1.82) is 0 Å². The van der Waals surface area contributed by atoms with Crippen molar-refractivity contribution >= 4 is 99.5 Å². The molecule has 15 aromatic rings. The van der Waals surface area contributed by atoms with Gasteiger partial charge in [0, 0.05) is 54.6 Å². The van der Waals surface area contributed by atoms with Crippen LogP contribution in [-0.2, 0) is 10.8 Å². The zero-order valence-electron chi connectivity index (χ0n) is 47.1. The lowest BCUT2D eigenvalue weighted by Crippen LogP contribution is -2.20. The van der Waals surface area contributed by atoms with E-state index in [1.54, 1.807) is 0 Å². The lowest BCUT2D eigenvalue weighted by atomic mass is 9.77. The first-order chi connectivity index (χ1) is 41.2. The molecule has 2 aliphatic carbocycles. The standard InChI is InChI=1S/C80H56N2O2/c1-79(2)64-45-52(81(68-35-17-13-28-53(68)49-23-7-5-8-24-49)70-37-21-33-59-57-31-15-19-39-73(57)83-77(59)70)42-44-56(64)62-46-63-66(47-65(62)79)80(3,4)67-48-72(61-43-41-51-27-11-12-30-55(51)75(61)76(63)67)82(69-36-18-14-29-54(69)50-25-9-6-10-26-50)71-38-22-34-60-58-32-16-20-40-74(58)84-78(60)71/h5-48H,1-4H3. The van der Waals surface area contributed by atoms with Crippen LogP contribution in [-0.4, -0.2) is 0 Å². The first kappa shape index (κ1) is 48.3. The van der Waals surface area contributed by atoms with E-state index in [2.05, 4.69) is 304 Å². The molecule has 398 valence electrons. The van der Waals surface area contributed by atoms with Crippen molar-refractivity contribution in [2.45, 2.75) is 38.5 Å². The molecule has 13 aromatic carbocycles. The molecule has 0 bridgehead atoms. The van der Waals surface area contributed by atoms with Gasteiger partial charge in [0.1, 0.15) is 11.2 Å². The van der Waals surface area contributed by atoms with Gasteiger partial charge in [-0.05, 0) is 132 Å². The Hall–Kier alpha value is -10.4.